The fraction of sp³-hybridized carbons (Fsp3) is 0.750. The summed E-state index contributed by atoms with van der Waals surface area (Å²) in [7, 11) is 0. The van der Waals surface area contributed by atoms with Crippen molar-refractivity contribution in [2.45, 2.75) is 39.5 Å². The number of aromatic nitrogens is 3. The fourth-order valence-electron chi connectivity index (χ4n) is 1.82. The van der Waals surface area contributed by atoms with Crippen molar-refractivity contribution in [1.29, 1.82) is 0 Å². The van der Waals surface area contributed by atoms with Gasteiger partial charge in [-0.3, -0.25) is 5.10 Å². The van der Waals surface area contributed by atoms with Crippen LogP contribution in [0.3, 0.4) is 0 Å². The number of carbonyl (C=O) groups excluding carboxylic acids is 1. The van der Waals surface area contributed by atoms with Gasteiger partial charge >= 0.3 is 5.97 Å². The van der Waals surface area contributed by atoms with E-state index < -0.39 is 5.97 Å². The number of aromatic amines is 1. The summed E-state index contributed by atoms with van der Waals surface area (Å²) < 4.78 is 4.83. The van der Waals surface area contributed by atoms with Crippen LogP contribution in [-0.4, -0.2) is 34.3 Å². The molecule has 1 aromatic rings. The Morgan fingerprint density at radius 3 is 2.83 bits per heavy atom. The smallest absolute Gasteiger partial charge is 0.378 e. The molecule has 1 atom stereocenters. The van der Waals surface area contributed by atoms with Crippen molar-refractivity contribution in [1.82, 2.24) is 15.2 Å². The van der Waals surface area contributed by atoms with E-state index in [4.69, 9.17) is 10.5 Å². The third-order valence-corrected chi connectivity index (χ3v) is 2.93. The van der Waals surface area contributed by atoms with Crippen molar-refractivity contribution in [3.63, 3.8) is 0 Å². The molecule has 6 heteroatoms. The van der Waals surface area contributed by atoms with Gasteiger partial charge in [0, 0.05) is 6.42 Å². The molecule has 0 spiro atoms. The number of carbonyl (C=O) groups is 1. The second kappa shape index (κ2) is 7.81. The van der Waals surface area contributed by atoms with E-state index in [9.17, 15) is 4.79 Å². The second-order valence-electron chi connectivity index (χ2n) is 4.22. The largest absolute Gasteiger partial charge is 0.460 e. The third kappa shape index (κ3) is 4.44. The minimum absolute atomic E-state index is 0.110. The van der Waals surface area contributed by atoms with E-state index in [2.05, 4.69) is 22.1 Å². The highest BCUT2D eigenvalue weighted by Gasteiger charge is 2.14. The maximum absolute atomic E-state index is 11.4. The van der Waals surface area contributed by atoms with Gasteiger partial charge in [-0.25, -0.2) is 9.78 Å². The highest BCUT2D eigenvalue weighted by Crippen LogP contribution is 2.14. The molecular formula is C12H22N4O2. The van der Waals surface area contributed by atoms with E-state index >= 15 is 0 Å². The Kier molecular flexibility index (Phi) is 6.35. The Bertz CT molecular complexity index is 365. The fourth-order valence-corrected chi connectivity index (χ4v) is 1.82. The average Bonchev–Trinajstić information content (AvgIpc) is 2.83. The van der Waals surface area contributed by atoms with Crippen LogP contribution in [0.2, 0.25) is 0 Å². The number of nitrogens with two attached hydrogens (primary N) is 1. The van der Waals surface area contributed by atoms with Gasteiger partial charge < -0.3 is 10.5 Å². The predicted octanol–water partition coefficient (Wildman–Crippen LogP) is 1.29. The van der Waals surface area contributed by atoms with Gasteiger partial charge in [-0.15, -0.1) is 5.10 Å². The molecule has 1 heterocycles. The van der Waals surface area contributed by atoms with Crippen LogP contribution in [0.25, 0.3) is 0 Å². The Labute approximate surface area is 107 Å². The van der Waals surface area contributed by atoms with E-state index in [1.165, 1.54) is 0 Å². The summed E-state index contributed by atoms with van der Waals surface area (Å²) in [4.78, 5) is 15.5. The van der Waals surface area contributed by atoms with Gasteiger partial charge in [0.25, 0.3) is 5.82 Å². The zero-order chi connectivity index (χ0) is 13.4. The highest BCUT2D eigenvalue weighted by atomic mass is 16.5. The first-order chi connectivity index (χ1) is 8.71. The Hall–Kier alpha value is -1.43. The summed E-state index contributed by atoms with van der Waals surface area (Å²) in [5, 5.41) is 6.62. The molecule has 0 radical (unpaired) electrons. The van der Waals surface area contributed by atoms with Crippen LogP contribution in [0.15, 0.2) is 0 Å². The topological polar surface area (TPSA) is 93.9 Å². The average molecular weight is 254 g/mol. The number of H-pyrrole nitrogens is 1. The second-order valence-corrected chi connectivity index (χ2v) is 4.22. The third-order valence-electron chi connectivity index (χ3n) is 2.93. The SMILES string of the molecule is CCOC(=O)c1n[nH]c(CCC(CC)CCN)n1. The van der Waals surface area contributed by atoms with E-state index in [1.54, 1.807) is 6.92 Å². The van der Waals surface area contributed by atoms with Gasteiger partial charge in [-0.2, -0.15) is 0 Å². The molecule has 0 aliphatic rings. The normalized spacial score (nSPS) is 12.4. The van der Waals surface area contributed by atoms with Crippen molar-refractivity contribution < 1.29 is 9.53 Å². The van der Waals surface area contributed by atoms with Crippen LogP contribution >= 0.6 is 0 Å². The lowest BCUT2D eigenvalue weighted by Crippen LogP contribution is -2.09. The molecule has 0 saturated carbocycles. The van der Waals surface area contributed by atoms with Crippen LogP contribution in [0, 0.1) is 5.92 Å². The van der Waals surface area contributed by atoms with Crippen molar-refractivity contribution in [3.05, 3.63) is 11.6 Å². The molecular weight excluding hydrogens is 232 g/mol. The van der Waals surface area contributed by atoms with Crippen molar-refractivity contribution in [3.8, 4) is 0 Å². The van der Waals surface area contributed by atoms with Crippen molar-refractivity contribution >= 4 is 5.97 Å². The van der Waals surface area contributed by atoms with Gasteiger partial charge in [0.05, 0.1) is 6.61 Å². The van der Waals surface area contributed by atoms with Gasteiger partial charge in [-0.1, -0.05) is 13.3 Å². The number of hydrogen-bond donors (Lipinski definition) is 2. The number of nitrogens with one attached hydrogen (secondary N) is 1. The number of ether oxygens (including phenoxy) is 1. The maximum Gasteiger partial charge on any atom is 0.378 e. The van der Waals surface area contributed by atoms with Crippen LogP contribution in [-0.2, 0) is 11.2 Å². The molecule has 0 fully saturated rings. The van der Waals surface area contributed by atoms with E-state index in [1.807, 2.05) is 0 Å². The summed E-state index contributed by atoms with van der Waals surface area (Å²) in [6.07, 6.45) is 3.92. The summed E-state index contributed by atoms with van der Waals surface area (Å²) >= 11 is 0. The minimum atomic E-state index is -0.478. The van der Waals surface area contributed by atoms with E-state index in [-0.39, 0.29) is 5.82 Å². The Morgan fingerprint density at radius 1 is 1.44 bits per heavy atom. The molecule has 102 valence electrons. The van der Waals surface area contributed by atoms with Crippen LogP contribution < -0.4 is 5.73 Å². The molecule has 1 aromatic heterocycles. The summed E-state index contributed by atoms with van der Waals surface area (Å²) in [6.45, 7) is 4.95. The van der Waals surface area contributed by atoms with E-state index in [0.29, 0.717) is 19.1 Å². The van der Waals surface area contributed by atoms with Gasteiger partial charge in [0.2, 0.25) is 0 Å². The molecule has 6 nitrogen and oxygen atoms in total. The minimum Gasteiger partial charge on any atom is -0.460 e. The first-order valence-electron chi connectivity index (χ1n) is 6.49. The summed E-state index contributed by atoms with van der Waals surface area (Å²) in [5.41, 5.74) is 5.55. The van der Waals surface area contributed by atoms with Crippen molar-refractivity contribution in [2.24, 2.45) is 11.7 Å². The number of hydrogen-bond acceptors (Lipinski definition) is 5. The molecule has 18 heavy (non-hydrogen) atoms. The van der Waals surface area contributed by atoms with Crippen LogP contribution in [0.1, 0.15) is 49.6 Å². The molecule has 0 aliphatic heterocycles. The summed E-state index contributed by atoms with van der Waals surface area (Å²) in [5.74, 6) is 0.965. The number of nitrogens with zero attached hydrogens (tertiary/aromatic N) is 2. The number of aryl methyl sites for hydroxylation is 1. The molecule has 1 unspecified atom stereocenters. The lowest BCUT2D eigenvalue weighted by Gasteiger charge is -2.11. The highest BCUT2D eigenvalue weighted by molar-refractivity contribution is 5.84. The quantitative estimate of drug-likeness (QED) is 0.682. The lowest BCUT2D eigenvalue weighted by atomic mass is 9.97. The van der Waals surface area contributed by atoms with Gasteiger partial charge in [0.15, 0.2) is 0 Å². The van der Waals surface area contributed by atoms with Crippen LogP contribution in [0.5, 0.6) is 0 Å². The first-order valence-corrected chi connectivity index (χ1v) is 6.49. The Morgan fingerprint density at radius 2 is 2.22 bits per heavy atom. The van der Waals surface area contributed by atoms with Crippen LogP contribution in [0.4, 0.5) is 0 Å². The predicted molar refractivity (Wildman–Crippen MR) is 68.1 cm³/mol. The summed E-state index contributed by atoms with van der Waals surface area (Å²) in [6, 6.07) is 0. The molecule has 0 saturated heterocycles. The molecule has 0 aliphatic carbocycles. The monoisotopic (exact) mass is 254 g/mol. The number of rotatable bonds is 8. The lowest BCUT2D eigenvalue weighted by molar-refractivity contribution is 0.0512. The molecule has 3 N–H and O–H groups in total. The van der Waals surface area contributed by atoms with E-state index in [0.717, 1.165) is 31.5 Å². The zero-order valence-electron chi connectivity index (χ0n) is 11.1. The standard InChI is InChI=1S/C12H22N4O2/c1-3-9(7-8-13)5-6-10-14-11(16-15-10)12(17)18-4-2/h9H,3-8,13H2,1-2H3,(H,14,15,16). The molecule has 0 aromatic carbocycles. The first kappa shape index (κ1) is 14.6. The number of esters is 1. The van der Waals surface area contributed by atoms with Gasteiger partial charge in [-0.05, 0) is 32.2 Å². The molecule has 0 amide bonds. The van der Waals surface area contributed by atoms with Gasteiger partial charge in [0.1, 0.15) is 5.82 Å². The Balaban J connectivity index is 2.46. The zero-order valence-corrected chi connectivity index (χ0v) is 11.1. The molecule has 0 bridgehead atoms. The van der Waals surface area contributed by atoms with Crippen molar-refractivity contribution in [2.75, 3.05) is 13.2 Å². The maximum atomic E-state index is 11.4. The molecule has 1 rings (SSSR count).